The number of rotatable bonds is 7. The molecule has 1 N–H and O–H groups in total. The molecule has 0 atom stereocenters. The minimum atomic E-state index is -0.278. The number of fused-ring (bicyclic) bond motifs is 3. The van der Waals surface area contributed by atoms with Crippen LogP contribution in [0, 0.1) is 5.82 Å². The number of para-hydroxylation sites is 1. The second-order valence-electron chi connectivity index (χ2n) is 9.55. The number of aryl methyl sites for hydroxylation is 1. The zero-order chi connectivity index (χ0) is 26.1. The molecule has 0 aliphatic rings. The van der Waals surface area contributed by atoms with Crippen molar-refractivity contribution in [3.05, 3.63) is 108 Å². The molecule has 1 amide bonds. The predicted octanol–water partition coefficient (Wildman–Crippen LogP) is 8.05. The molecule has 0 saturated heterocycles. The summed E-state index contributed by atoms with van der Waals surface area (Å²) >= 11 is 0. The Labute approximate surface area is 220 Å². The first-order valence-electron chi connectivity index (χ1n) is 13.1. The Kier molecular flexibility index (Phi) is 6.34. The fraction of sp³-hybridized carbons (Fsp3) is 0.152. The minimum absolute atomic E-state index is 0.0836. The molecule has 0 fully saturated rings. The van der Waals surface area contributed by atoms with Gasteiger partial charge in [0.1, 0.15) is 5.82 Å². The van der Waals surface area contributed by atoms with Crippen LogP contribution in [0.1, 0.15) is 25.3 Å². The molecule has 188 valence electrons. The van der Waals surface area contributed by atoms with E-state index in [2.05, 4.69) is 29.2 Å². The summed E-state index contributed by atoms with van der Waals surface area (Å²) in [6.45, 7) is 2.60. The van der Waals surface area contributed by atoms with E-state index in [9.17, 15) is 9.18 Å². The molecule has 2 aromatic heterocycles. The van der Waals surface area contributed by atoms with Crippen LogP contribution >= 0.6 is 0 Å². The Balaban J connectivity index is 1.29. The van der Waals surface area contributed by atoms with Crippen molar-refractivity contribution in [3.63, 3.8) is 0 Å². The number of amides is 1. The molecule has 0 aliphatic heterocycles. The van der Waals surface area contributed by atoms with Crippen LogP contribution in [0.4, 0.5) is 10.1 Å². The largest absolute Gasteiger partial charge is 0.353 e. The topological polar surface area (TPSA) is 49.0 Å². The third-order valence-corrected chi connectivity index (χ3v) is 7.21. The van der Waals surface area contributed by atoms with Crippen molar-refractivity contribution in [2.75, 3.05) is 11.4 Å². The Bertz CT molecular complexity index is 1780. The van der Waals surface area contributed by atoms with E-state index < -0.39 is 0 Å². The van der Waals surface area contributed by atoms with Crippen LogP contribution in [0.15, 0.2) is 97.1 Å². The number of H-pyrrole nitrogens is 1. The van der Waals surface area contributed by atoms with Gasteiger partial charge in [-0.3, -0.25) is 4.79 Å². The maximum Gasteiger partial charge on any atom is 0.226 e. The smallest absolute Gasteiger partial charge is 0.226 e. The van der Waals surface area contributed by atoms with Crippen molar-refractivity contribution in [2.45, 2.75) is 26.2 Å². The van der Waals surface area contributed by atoms with E-state index >= 15 is 0 Å². The van der Waals surface area contributed by atoms with Crippen LogP contribution in [0.3, 0.4) is 0 Å². The number of nitrogens with zero attached hydrogens (tertiary/aromatic N) is 2. The van der Waals surface area contributed by atoms with E-state index in [0.717, 1.165) is 55.2 Å². The van der Waals surface area contributed by atoms with Crippen LogP contribution < -0.4 is 4.90 Å². The highest BCUT2D eigenvalue weighted by Gasteiger charge is 2.19. The molecule has 38 heavy (non-hydrogen) atoms. The molecule has 0 aliphatic carbocycles. The number of pyridine rings is 1. The third kappa shape index (κ3) is 4.41. The molecule has 4 nitrogen and oxygen atoms in total. The van der Waals surface area contributed by atoms with Crippen molar-refractivity contribution in [1.29, 1.82) is 0 Å². The summed E-state index contributed by atoms with van der Waals surface area (Å²) in [6.07, 6.45) is 1.67. The van der Waals surface area contributed by atoms with Gasteiger partial charge in [0, 0.05) is 34.6 Å². The van der Waals surface area contributed by atoms with Gasteiger partial charge in [0.25, 0.3) is 0 Å². The molecule has 0 spiro atoms. The molecule has 0 saturated carbocycles. The lowest BCUT2D eigenvalue weighted by atomic mass is 10.0. The Hall–Kier alpha value is -4.51. The maximum atomic E-state index is 14.3. The van der Waals surface area contributed by atoms with Crippen LogP contribution in [-0.4, -0.2) is 22.4 Å². The summed E-state index contributed by atoms with van der Waals surface area (Å²) in [7, 11) is 0. The number of nitrogens with one attached hydrogen (secondary N) is 1. The van der Waals surface area contributed by atoms with Gasteiger partial charge in [-0.25, -0.2) is 9.37 Å². The second-order valence-corrected chi connectivity index (χ2v) is 9.55. The van der Waals surface area contributed by atoms with E-state index in [4.69, 9.17) is 4.98 Å². The van der Waals surface area contributed by atoms with Crippen molar-refractivity contribution >= 4 is 44.2 Å². The number of aromatic amines is 1. The molecule has 4 aromatic carbocycles. The maximum absolute atomic E-state index is 14.3. The highest BCUT2D eigenvalue weighted by molar-refractivity contribution is 6.03. The van der Waals surface area contributed by atoms with Gasteiger partial charge in [0.05, 0.1) is 22.6 Å². The summed E-state index contributed by atoms with van der Waals surface area (Å²) in [5, 5.41) is 4.09. The Morgan fingerprint density at radius 3 is 2.53 bits per heavy atom. The highest BCUT2D eigenvalue weighted by Crippen LogP contribution is 2.33. The average Bonchev–Trinajstić information content (AvgIpc) is 3.31. The summed E-state index contributed by atoms with van der Waals surface area (Å²) in [5.74, 6) is -0.194. The van der Waals surface area contributed by atoms with Gasteiger partial charge >= 0.3 is 0 Å². The highest BCUT2D eigenvalue weighted by atomic mass is 19.1. The van der Waals surface area contributed by atoms with Gasteiger partial charge in [-0.05, 0) is 67.1 Å². The molecule has 0 radical (unpaired) electrons. The summed E-state index contributed by atoms with van der Waals surface area (Å²) in [4.78, 5) is 23.6. The standard InChI is InChI=1S/C33H28FN3O/c1-2-37(31-15-7-11-22-9-3-5-12-25(22)31)32(38)16-8-13-26-27-21-24(34)18-20-29(27)36-33(26)30-19-17-23-10-4-6-14-28(23)35-30/h3-7,9-12,14-15,17-21,36H,2,8,13,16H2,1H3. The van der Waals surface area contributed by atoms with Crippen LogP contribution in [0.5, 0.6) is 0 Å². The number of anilines is 1. The minimum Gasteiger partial charge on any atom is -0.353 e. The average molecular weight is 502 g/mol. The first-order valence-corrected chi connectivity index (χ1v) is 13.1. The predicted molar refractivity (Wildman–Crippen MR) is 154 cm³/mol. The normalized spacial score (nSPS) is 11.4. The van der Waals surface area contributed by atoms with Gasteiger partial charge in [-0.15, -0.1) is 0 Å². The zero-order valence-electron chi connectivity index (χ0n) is 21.2. The van der Waals surface area contributed by atoms with Crippen LogP contribution in [0.2, 0.25) is 0 Å². The summed E-state index contributed by atoms with van der Waals surface area (Å²) in [5.41, 5.74) is 5.39. The molecule has 6 aromatic rings. The monoisotopic (exact) mass is 501 g/mol. The van der Waals surface area contributed by atoms with Gasteiger partial charge in [-0.1, -0.05) is 60.7 Å². The number of benzene rings is 4. The number of carbonyl (C=O) groups is 1. The van der Waals surface area contributed by atoms with E-state index in [1.165, 1.54) is 6.07 Å². The summed E-state index contributed by atoms with van der Waals surface area (Å²) in [6, 6.07) is 31.1. The number of halogens is 1. The Morgan fingerprint density at radius 1 is 0.868 bits per heavy atom. The van der Waals surface area contributed by atoms with Crippen LogP contribution in [0.25, 0.3) is 44.0 Å². The molecule has 5 heteroatoms. The van der Waals surface area contributed by atoms with E-state index in [1.807, 2.05) is 66.4 Å². The number of hydrogen-bond donors (Lipinski definition) is 1. The molecule has 0 unspecified atom stereocenters. The number of aromatic nitrogens is 2. The lowest BCUT2D eigenvalue weighted by Crippen LogP contribution is -2.30. The van der Waals surface area contributed by atoms with Gasteiger partial charge in [0.2, 0.25) is 5.91 Å². The third-order valence-electron chi connectivity index (χ3n) is 7.21. The first kappa shape index (κ1) is 23.9. The number of hydrogen-bond acceptors (Lipinski definition) is 2. The molecule has 0 bridgehead atoms. The fourth-order valence-corrected chi connectivity index (χ4v) is 5.38. The van der Waals surface area contributed by atoms with Crippen molar-refractivity contribution in [2.24, 2.45) is 0 Å². The fourth-order valence-electron chi connectivity index (χ4n) is 5.38. The zero-order valence-corrected chi connectivity index (χ0v) is 21.2. The van der Waals surface area contributed by atoms with E-state index in [-0.39, 0.29) is 11.7 Å². The van der Waals surface area contributed by atoms with Gasteiger partial charge in [0.15, 0.2) is 0 Å². The number of carbonyl (C=O) groups excluding carboxylic acids is 1. The summed E-state index contributed by atoms with van der Waals surface area (Å²) < 4.78 is 14.3. The molecule has 6 rings (SSSR count). The van der Waals surface area contributed by atoms with Crippen molar-refractivity contribution in [1.82, 2.24) is 9.97 Å². The quantitative estimate of drug-likeness (QED) is 0.241. The van der Waals surface area contributed by atoms with E-state index in [0.29, 0.717) is 25.8 Å². The van der Waals surface area contributed by atoms with Gasteiger partial charge < -0.3 is 9.88 Å². The van der Waals surface area contributed by atoms with Crippen LogP contribution in [-0.2, 0) is 11.2 Å². The van der Waals surface area contributed by atoms with Gasteiger partial charge in [-0.2, -0.15) is 0 Å². The molecular weight excluding hydrogens is 473 g/mol. The lowest BCUT2D eigenvalue weighted by molar-refractivity contribution is -0.118. The first-order chi connectivity index (χ1) is 18.6. The molecule has 2 heterocycles. The van der Waals surface area contributed by atoms with Crippen molar-refractivity contribution in [3.8, 4) is 11.4 Å². The molecular formula is C33H28FN3O. The Morgan fingerprint density at radius 2 is 1.66 bits per heavy atom. The second kappa shape index (κ2) is 10.1. The van der Waals surface area contributed by atoms with Crippen molar-refractivity contribution < 1.29 is 9.18 Å². The SMILES string of the molecule is CCN(C(=O)CCCc1c(-c2ccc3ccccc3n2)[nH]c2ccc(F)cc12)c1cccc2ccccc12. The van der Waals surface area contributed by atoms with E-state index in [1.54, 1.807) is 12.1 Å². The lowest BCUT2D eigenvalue weighted by Gasteiger charge is -2.23.